The van der Waals surface area contributed by atoms with E-state index < -0.39 is 0 Å². The van der Waals surface area contributed by atoms with E-state index in [1.54, 1.807) is 7.11 Å². The molecule has 1 saturated carbocycles. The van der Waals surface area contributed by atoms with Crippen molar-refractivity contribution in [1.82, 2.24) is 0 Å². The third kappa shape index (κ3) is 2.96. The van der Waals surface area contributed by atoms with Crippen LogP contribution in [0.25, 0.3) is 0 Å². The van der Waals surface area contributed by atoms with Gasteiger partial charge in [0.05, 0.1) is 25.2 Å². The van der Waals surface area contributed by atoms with Gasteiger partial charge in [-0.1, -0.05) is 17.7 Å². The molecule has 98 valence electrons. The van der Waals surface area contributed by atoms with Gasteiger partial charge in [-0.15, -0.1) is 0 Å². The molecule has 0 amide bonds. The van der Waals surface area contributed by atoms with Crippen LogP contribution in [0.2, 0.25) is 5.02 Å². The standard InChI is InChI=1S/C14H17ClO3/c1-17-13-6-4-9(7-12(13)15)3-5-10-8-11(10)14(16)18-2/h4,6-7,10-11H,3,5,8H2,1-2H3. The summed E-state index contributed by atoms with van der Waals surface area (Å²) in [5, 5.41) is 0.635. The minimum absolute atomic E-state index is 0.0761. The molecule has 0 heterocycles. The Hall–Kier alpha value is -1.22. The second-order valence-corrected chi connectivity index (χ2v) is 5.04. The van der Waals surface area contributed by atoms with Crippen molar-refractivity contribution in [2.75, 3.05) is 14.2 Å². The van der Waals surface area contributed by atoms with Crippen molar-refractivity contribution >= 4 is 17.6 Å². The monoisotopic (exact) mass is 268 g/mol. The maximum atomic E-state index is 11.3. The van der Waals surface area contributed by atoms with Crippen LogP contribution in [0.1, 0.15) is 18.4 Å². The molecule has 0 radical (unpaired) electrons. The van der Waals surface area contributed by atoms with Crippen LogP contribution in [0, 0.1) is 11.8 Å². The lowest BCUT2D eigenvalue weighted by Gasteiger charge is -2.06. The molecule has 0 saturated heterocycles. The normalized spacial score (nSPS) is 21.5. The molecule has 3 nitrogen and oxygen atoms in total. The fourth-order valence-corrected chi connectivity index (χ4v) is 2.50. The summed E-state index contributed by atoms with van der Waals surface area (Å²) in [4.78, 5) is 11.3. The summed E-state index contributed by atoms with van der Waals surface area (Å²) in [5.41, 5.74) is 1.18. The molecule has 2 rings (SSSR count). The Balaban J connectivity index is 1.85. The Labute approximate surface area is 112 Å². The lowest BCUT2D eigenvalue weighted by molar-refractivity contribution is -0.142. The van der Waals surface area contributed by atoms with Gasteiger partial charge in [-0.3, -0.25) is 4.79 Å². The van der Waals surface area contributed by atoms with E-state index in [1.807, 2.05) is 18.2 Å². The van der Waals surface area contributed by atoms with Gasteiger partial charge >= 0.3 is 5.97 Å². The Bertz CT molecular complexity index is 445. The first-order chi connectivity index (χ1) is 8.65. The zero-order chi connectivity index (χ0) is 13.1. The van der Waals surface area contributed by atoms with Crippen molar-refractivity contribution in [1.29, 1.82) is 0 Å². The summed E-state index contributed by atoms with van der Waals surface area (Å²) in [6, 6.07) is 5.82. The SMILES string of the molecule is COC(=O)C1CC1CCc1ccc(OC)c(Cl)c1. The number of carbonyl (C=O) groups excluding carboxylic acids is 1. The Morgan fingerprint density at radius 2 is 2.22 bits per heavy atom. The number of esters is 1. The average Bonchev–Trinajstić information content (AvgIpc) is 3.15. The lowest BCUT2D eigenvalue weighted by Crippen LogP contribution is -2.04. The van der Waals surface area contributed by atoms with E-state index in [9.17, 15) is 4.79 Å². The van der Waals surface area contributed by atoms with Gasteiger partial charge in [-0.2, -0.15) is 0 Å². The fraction of sp³-hybridized carbons (Fsp3) is 0.500. The summed E-state index contributed by atoms with van der Waals surface area (Å²) >= 11 is 6.06. The van der Waals surface area contributed by atoms with Crippen LogP contribution in [-0.4, -0.2) is 20.2 Å². The molecule has 4 heteroatoms. The maximum Gasteiger partial charge on any atom is 0.308 e. The molecule has 0 aromatic heterocycles. The molecule has 2 unspecified atom stereocenters. The fourth-order valence-electron chi connectivity index (χ4n) is 2.22. The van der Waals surface area contributed by atoms with Crippen LogP contribution in [-0.2, 0) is 16.0 Å². The number of carbonyl (C=O) groups is 1. The smallest absolute Gasteiger partial charge is 0.308 e. The molecule has 1 aromatic carbocycles. The third-order valence-corrected chi connectivity index (χ3v) is 3.74. The summed E-state index contributed by atoms with van der Waals surface area (Å²) in [6.45, 7) is 0. The number of aryl methyl sites for hydroxylation is 1. The zero-order valence-corrected chi connectivity index (χ0v) is 11.4. The highest BCUT2D eigenvalue weighted by atomic mass is 35.5. The van der Waals surface area contributed by atoms with E-state index in [1.165, 1.54) is 12.7 Å². The van der Waals surface area contributed by atoms with E-state index in [2.05, 4.69) is 0 Å². The van der Waals surface area contributed by atoms with Gasteiger partial charge in [0, 0.05) is 0 Å². The van der Waals surface area contributed by atoms with Gasteiger partial charge in [0.2, 0.25) is 0 Å². The average molecular weight is 269 g/mol. The largest absolute Gasteiger partial charge is 0.495 e. The lowest BCUT2D eigenvalue weighted by atomic mass is 10.1. The van der Waals surface area contributed by atoms with Crippen molar-refractivity contribution in [3.05, 3.63) is 28.8 Å². The Morgan fingerprint density at radius 3 is 2.83 bits per heavy atom. The van der Waals surface area contributed by atoms with Crippen molar-refractivity contribution in [2.45, 2.75) is 19.3 Å². The molecular formula is C14H17ClO3. The van der Waals surface area contributed by atoms with E-state index >= 15 is 0 Å². The summed E-state index contributed by atoms with van der Waals surface area (Å²) < 4.78 is 9.84. The van der Waals surface area contributed by atoms with Crippen molar-refractivity contribution in [2.24, 2.45) is 11.8 Å². The number of hydrogen-bond acceptors (Lipinski definition) is 3. The van der Waals surface area contributed by atoms with Gasteiger partial charge in [-0.05, 0) is 42.9 Å². The molecule has 1 fully saturated rings. The predicted octanol–water partition coefficient (Wildman–Crippen LogP) is 3.09. The van der Waals surface area contributed by atoms with E-state index in [-0.39, 0.29) is 11.9 Å². The highest BCUT2D eigenvalue weighted by molar-refractivity contribution is 6.32. The van der Waals surface area contributed by atoms with Crippen LogP contribution >= 0.6 is 11.6 Å². The van der Waals surface area contributed by atoms with Crippen LogP contribution in [0.4, 0.5) is 0 Å². The highest BCUT2D eigenvalue weighted by Crippen LogP contribution is 2.42. The minimum Gasteiger partial charge on any atom is -0.495 e. The summed E-state index contributed by atoms with van der Waals surface area (Å²) in [5.74, 6) is 1.20. The molecular weight excluding hydrogens is 252 g/mol. The molecule has 0 aliphatic heterocycles. The van der Waals surface area contributed by atoms with Gasteiger partial charge in [0.1, 0.15) is 5.75 Å². The van der Waals surface area contributed by atoms with Gasteiger partial charge in [0.25, 0.3) is 0 Å². The summed E-state index contributed by atoms with van der Waals surface area (Å²) in [7, 11) is 3.05. The van der Waals surface area contributed by atoms with Crippen LogP contribution in [0.3, 0.4) is 0 Å². The highest BCUT2D eigenvalue weighted by Gasteiger charge is 2.43. The van der Waals surface area contributed by atoms with Gasteiger partial charge in [0.15, 0.2) is 0 Å². The molecule has 18 heavy (non-hydrogen) atoms. The number of halogens is 1. The molecule has 2 atom stereocenters. The number of methoxy groups -OCH3 is 2. The quantitative estimate of drug-likeness (QED) is 0.770. The minimum atomic E-state index is -0.0761. The van der Waals surface area contributed by atoms with E-state index in [0.717, 1.165) is 19.3 Å². The molecule has 0 spiro atoms. The van der Waals surface area contributed by atoms with Crippen LogP contribution in [0.5, 0.6) is 5.75 Å². The van der Waals surface area contributed by atoms with Gasteiger partial charge in [-0.25, -0.2) is 0 Å². The van der Waals surface area contributed by atoms with Crippen molar-refractivity contribution in [3.63, 3.8) is 0 Å². The van der Waals surface area contributed by atoms with Crippen LogP contribution in [0.15, 0.2) is 18.2 Å². The first-order valence-corrected chi connectivity index (χ1v) is 6.43. The second-order valence-electron chi connectivity index (χ2n) is 4.63. The number of benzene rings is 1. The topological polar surface area (TPSA) is 35.5 Å². The molecule has 0 N–H and O–H groups in total. The van der Waals surface area contributed by atoms with E-state index in [0.29, 0.717) is 16.7 Å². The molecule has 1 aliphatic carbocycles. The number of ether oxygens (including phenoxy) is 2. The Kier molecular flexibility index (Phi) is 4.12. The van der Waals surface area contributed by atoms with Crippen molar-refractivity contribution < 1.29 is 14.3 Å². The number of hydrogen-bond donors (Lipinski definition) is 0. The van der Waals surface area contributed by atoms with Crippen molar-refractivity contribution in [3.8, 4) is 5.75 Å². The van der Waals surface area contributed by atoms with Gasteiger partial charge < -0.3 is 9.47 Å². The van der Waals surface area contributed by atoms with E-state index in [4.69, 9.17) is 21.1 Å². The first kappa shape index (κ1) is 13.2. The maximum absolute atomic E-state index is 11.3. The Morgan fingerprint density at radius 1 is 1.44 bits per heavy atom. The molecule has 1 aromatic rings. The second kappa shape index (κ2) is 5.61. The number of rotatable bonds is 5. The molecule has 0 bridgehead atoms. The van der Waals surface area contributed by atoms with Crippen LogP contribution < -0.4 is 4.74 Å². The summed E-state index contributed by atoms with van der Waals surface area (Å²) in [6.07, 6.45) is 2.89. The predicted molar refractivity (Wildman–Crippen MR) is 69.9 cm³/mol. The molecule has 1 aliphatic rings. The third-order valence-electron chi connectivity index (χ3n) is 3.45. The first-order valence-electron chi connectivity index (χ1n) is 6.06. The zero-order valence-electron chi connectivity index (χ0n) is 10.6.